The largest absolute Gasteiger partial charge is 0.345 e. The molecular formula is C14H20N2O3S. The first-order valence-electron chi connectivity index (χ1n) is 6.68. The number of hydrogen-bond donors (Lipinski definition) is 0. The highest BCUT2D eigenvalue weighted by Crippen LogP contribution is 2.17. The molecule has 1 fully saturated rings. The zero-order valence-electron chi connectivity index (χ0n) is 11.9. The molecular weight excluding hydrogens is 276 g/mol. The van der Waals surface area contributed by atoms with E-state index in [1.54, 1.807) is 42.7 Å². The Morgan fingerprint density at radius 3 is 2.20 bits per heavy atom. The van der Waals surface area contributed by atoms with Gasteiger partial charge in [0.1, 0.15) is 0 Å². The van der Waals surface area contributed by atoms with E-state index in [4.69, 9.17) is 0 Å². The van der Waals surface area contributed by atoms with Crippen molar-refractivity contribution >= 4 is 15.9 Å². The third-order valence-corrected chi connectivity index (χ3v) is 5.26. The number of carbonyl (C=O) groups is 1. The molecule has 0 N–H and O–H groups in total. The van der Waals surface area contributed by atoms with Gasteiger partial charge in [-0.25, -0.2) is 12.7 Å². The van der Waals surface area contributed by atoms with Crippen molar-refractivity contribution in [1.82, 2.24) is 9.21 Å². The fourth-order valence-electron chi connectivity index (χ4n) is 2.27. The van der Waals surface area contributed by atoms with E-state index in [2.05, 4.69) is 0 Å². The predicted molar refractivity (Wildman–Crippen MR) is 77.9 cm³/mol. The number of benzene rings is 1. The molecule has 0 bridgehead atoms. The Kier molecular flexibility index (Phi) is 4.45. The molecule has 1 aromatic rings. The van der Waals surface area contributed by atoms with Gasteiger partial charge < -0.3 is 4.90 Å². The Bertz CT molecular complexity index is 573. The molecule has 6 heteroatoms. The van der Waals surface area contributed by atoms with Gasteiger partial charge in [-0.05, 0) is 30.5 Å². The van der Waals surface area contributed by atoms with E-state index in [-0.39, 0.29) is 11.7 Å². The molecule has 1 aromatic carbocycles. The maximum Gasteiger partial charge on any atom is 0.253 e. The lowest BCUT2D eigenvalue weighted by Gasteiger charge is -2.15. The van der Waals surface area contributed by atoms with Crippen molar-refractivity contribution in [2.75, 3.05) is 27.2 Å². The van der Waals surface area contributed by atoms with Gasteiger partial charge in [0.15, 0.2) is 0 Å². The Balaban J connectivity index is 2.09. The summed E-state index contributed by atoms with van der Waals surface area (Å²) in [6.45, 7) is 1.25. The van der Waals surface area contributed by atoms with Gasteiger partial charge in [0.05, 0.1) is 5.75 Å². The van der Waals surface area contributed by atoms with Crippen LogP contribution in [-0.2, 0) is 15.8 Å². The highest BCUT2D eigenvalue weighted by atomic mass is 32.2. The maximum absolute atomic E-state index is 12.2. The summed E-state index contributed by atoms with van der Waals surface area (Å²) >= 11 is 0. The van der Waals surface area contributed by atoms with Crippen molar-refractivity contribution in [1.29, 1.82) is 0 Å². The van der Waals surface area contributed by atoms with Crippen LogP contribution >= 0.6 is 0 Å². The second-order valence-electron chi connectivity index (χ2n) is 5.26. The topological polar surface area (TPSA) is 57.7 Å². The van der Waals surface area contributed by atoms with Gasteiger partial charge in [-0.3, -0.25) is 4.79 Å². The van der Waals surface area contributed by atoms with Crippen LogP contribution in [0.15, 0.2) is 24.3 Å². The van der Waals surface area contributed by atoms with Gasteiger partial charge in [-0.2, -0.15) is 0 Å². The van der Waals surface area contributed by atoms with E-state index < -0.39 is 10.0 Å². The molecule has 0 aliphatic carbocycles. The van der Waals surface area contributed by atoms with Crippen LogP contribution < -0.4 is 0 Å². The highest BCUT2D eigenvalue weighted by molar-refractivity contribution is 7.88. The lowest BCUT2D eigenvalue weighted by atomic mass is 10.1. The van der Waals surface area contributed by atoms with E-state index in [9.17, 15) is 13.2 Å². The smallest absolute Gasteiger partial charge is 0.253 e. The van der Waals surface area contributed by atoms with Crippen LogP contribution in [-0.4, -0.2) is 50.7 Å². The molecule has 1 aliphatic rings. The molecule has 5 nitrogen and oxygen atoms in total. The number of nitrogens with zero attached hydrogens (tertiary/aromatic N) is 2. The Labute approximate surface area is 120 Å². The standard InChI is InChI=1S/C14H20N2O3S/c1-15(2)14(17)13-7-5-12(6-8-13)11-20(18,19)16-9-3-4-10-16/h5-8H,3-4,9-11H2,1-2H3. The summed E-state index contributed by atoms with van der Waals surface area (Å²) in [5, 5.41) is 0. The third-order valence-electron chi connectivity index (χ3n) is 3.41. The number of sulfonamides is 1. The summed E-state index contributed by atoms with van der Waals surface area (Å²) < 4.78 is 25.9. The van der Waals surface area contributed by atoms with Crippen LogP contribution in [0.3, 0.4) is 0 Å². The minimum absolute atomic E-state index is 0.00341. The van der Waals surface area contributed by atoms with Crippen molar-refractivity contribution in [3.8, 4) is 0 Å². The van der Waals surface area contributed by atoms with Gasteiger partial charge in [0.25, 0.3) is 5.91 Å². The molecule has 0 aromatic heterocycles. The first-order valence-corrected chi connectivity index (χ1v) is 8.29. The van der Waals surface area contributed by atoms with E-state index in [1.807, 2.05) is 0 Å². The van der Waals surface area contributed by atoms with Crippen molar-refractivity contribution in [2.24, 2.45) is 0 Å². The minimum atomic E-state index is -3.22. The molecule has 1 heterocycles. The summed E-state index contributed by atoms with van der Waals surface area (Å²) in [6.07, 6.45) is 1.88. The van der Waals surface area contributed by atoms with Gasteiger partial charge in [-0.1, -0.05) is 12.1 Å². The maximum atomic E-state index is 12.2. The summed E-state index contributed by atoms with van der Waals surface area (Å²) in [6, 6.07) is 6.78. The van der Waals surface area contributed by atoms with Crippen molar-refractivity contribution in [3.05, 3.63) is 35.4 Å². The van der Waals surface area contributed by atoms with Gasteiger partial charge in [0, 0.05) is 32.7 Å². The highest BCUT2D eigenvalue weighted by Gasteiger charge is 2.25. The molecule has 20 heavy (non-hydrogen) atoms. The first-order chi connectivity index (χ1) is 9.40. The van der Waals surface area contributed by atoms with Crippen LogP contribution in [0.4, 0.5) is 0 Å². The van der Waals surface area contributed by atoms with Gasteiger partial charge in [0.2, 0.25) is 10.0 Å². The lowest BCUT2D eigenvalue weighted by Crippen LogP contribution is -2.29. The average Bonchev–Trinajstić information content (AvgIpc) is 2.93. The average molecular weight is 296 g/mol. The molecule has 0 radical (unpaired) electrons. The van der Waals surface area contributed by atoms with E-state index in [0.717, 1.165) is 12.8 Å². The molecule has 0 atom stereocenters. The molecule has 0 saturated carbocycles. The monoisotopic (exact) mass is 296 g/mol. The van der Waals surface area contributed by atoms with E-state index in [1.165, 1.54) is 4.90 Å². The summed E-state index contributed by atoms with van der Waals surface area (Å²) in [4.78, 5) is 13.2. The number of amides is 1. The summed E-state index contributed by atoms with van der Waals surface area (Å²) in [7, 11) is 0.153. The van der Waals surface area contributed by atoms with E-state index >= 15 is 0 Å². The van der Waals surface area contributed by atoms with Crippen molar-refractivity contribution in [2.45, 2.75) is 18.6 Å². The molecule has 1 amide bonds. The molecule has 1 aliphatic heterocycles. The number of carbonyl (C=O) groups excluding carboxylic acids is 1. The Hall–Kier alpha value is -1.40. The Morgan fingerprint density at radius 2 is 1.70 bits per heavy atom. The van der Waals surface area contributed by atoms with Crippen molar-refractivity contribution in [3.63, 3.8) is 0 Å². The molecule has 110 valence electrons. The summed E-state index contributed by atoms with van der Waals surface area (Å²) in [5.41, 5.74) is 1.28. The van der Waals surface area contributed by atoms with Gasteiger partial charge >= 0.3 is 0 Å². The normalized spacial score (nSPS) is 16.3. The second kappa shape index (κ2) is 5.93. The predicted octanol–water partition coefficient (Wildman–Crippen LogP) is 1.31. The lowest BCUT2D eigenvalue weighted by molar-refractivity contribution is 0.0827. The van der Waals surface area contributed by atoms with Crippen molar-refractivity contribution < 1.29 is 13.2 Å². The van der Waals surface area contributed by atoms with Crippen LogP contribution in [0.2, 0.25) is 0 Å². The fraction of sp³-hybridized carbons (Fsp3) is 0.500. The molecule has 2 rings (SSSR count). The van der Waals surface area contributed by atoms with Crippen LogP contribution in [0.25, 0.3) is 0 Å². The number of hydrogen-bond acceptors (Lipinski definition) is 3. The summed E-state index contributed by atoms with van der Waals surface area (Å²) in [5.74, 6) is -0.0809. The zero-order chi connectivity index (χ0) is 14.8. The molecule has 1 saturated heterocycles. The number of rotatable bonds is 4. The first kappa shape index (κ1) is 15.0. The van der Waals surface area contributed by atoms with Crippen LogP contribution in [0.5, 0.6) is 0 Å². The Morgan fingerprint density at radius 1 is 1.15 bits per heavy atom. The second-order valence-corrected chi connectivity index (χ2v) is 7.23. The molecule has 0 spiro atoms. The van der Waals surface area contributed by atoms with E-state index in [0.29, 0.717) is 24.2 Å². The SMILES string of the molecule is CN(C)C(=O)c1ccc(CS(=O)(=O)N2CCCC2)cc1. The minimum Gasteiger partial charge on any atom is -0.345 e. The van der Waals surface area contributed by atoms with Crippen LogP contribution in [0.1, 0.15) is 28.8 Å². The van der Waals surface area contributed by atoms with Gasteiger partial charge in [-0.15, -0.1) is 0 Å². The fourth-order valence-corrected chi connectivity index (χ4v) is 3.88. The van der Waals surface area contributed by atoms with Crippen LogP contribution in [0, 0.1) is 0 Å². The zero-order valence-corrected chi connectivity index (χ0v) is 12.7. The molecule has 0 unspecified atom stereocenters. The quantitative estimate of drug-likeness (QED) is 0.842. The third kappa shape index (κ3) is 3.37.